The summed E-state index contributed by atoms with van der Waals surface area (Å²) in [5, 5.41) is 3.05. The molecule has 2 aromatic heterocycles. The van der Waals surface area contributed by atoms with E-state index in [4.69, 9.17) is 0 Å². The summed E-state index contributed by atoms with van der Waals surface area (Å²) in [6.07, 6.45) is 9.90. The van der Waals surface area contributed by atoms with Crippen LogP contribution in [0.1, 0.15) is 70.4 Å². The first-order valence-electron chi connectivity index (χ1n) is 10.2. The Hall–Kier alpha value is -1.72. The number of hydrogen-bond acceptors (Lipinski definition) is 4. The van der Waals surface area contributed by atoms with Crippen molar-refractivity contribution < 1.29 is 4.79 Å². The van der Waals surface area contributed by atoms with Crippen molar-refractivity contribution in [3.63, 3.8) is 0 Å². The molecule has 144 valence electrons. The van der Waals surface area contributed by atoms with Crippen LogP contribution in [0.3, 0.4) is 0 Å². The summed E-state index contributed by atoms with van der Waals surface area (Å²) in [6, 6.07) is 8.65. The van der Waals surface area contributed by atoms with Crippen molar-refractivity contribution >= 4 is 17.2 Å². The van der Waals surface area contributed by atoms with Gasteiger partial charge < -0.3 is 5.32 Å². The zero-order valence-electron chi connectivity index (χ0n) is 16.1. The van der Waals surface area contributed by atoms with Crippen molar-refractivity contribution in [1.29, 1.82) is 0 Å². The number of aromatic nitrogens is 1. The monoisotopic (exact) mass is 383 g/mol. The molecule has 4 rings (SSSR count). The van der Waals surface area contributed by atoms with E-state index < -0.39 is 0 Å². The van der Waals surface area contributed by atoms with Gasteiger partial charge >= 0.3 is 0 Å². The number of carbonyl (C=O) groups excluding carboxylic acids is 1. The van der Waals surface area contributed by atoms with Gasteiger partial charge in [-0.25, -0.2) is 0 Å². The number of rotatable bonds is 6. The second-order valence-corrected chi connectivity index (χ2v) is 9.11. The van der Waals surface area contributed by atoms with E-state index in [1.54, 1.807) is 17.5 Å². The van der Waals surface area contributed by atoms with Crippen LogP contribution in [0, 0.1) is 12.8 Å². The molecule has 2 fully saturated rings. The maximum Gasteiger partial charge on any atom is 0.261 e. The number of nitrogens with zero attached hydrogens (tertiary/aromatic N) is 2. The first-order valence-corrected chi connectivity index (χ1v) is 11.0. The van der Waals surface area contributed by atoms with Gasteiger partial charge in [-0.3, -0.25) is 14.7 Å². The number of nitrogens with one attached hydrogen (secondary N) is 1. The van der Waals surface area contributed by atoms with Gasteiger partial charge in [-0.2, -0.15) is 0 Å². The Bertz CT molecular complexity index is 781. The molecule has 2 aliphatic rings. The fourth-order valence-corrected chi connectivity index (χ4v) is 5.62. The van der Waals surface area contributed by atoms with Crippen molar-refractivity contribution in [3.05, 3.63) is 51.5 Å². The zero-order valence-corrected chi connectivity index (χ0v) is 16.9. The minimum atomic E-state index is 0.0288. The lowest BCUT2D eigenvalue weighted by molar-refractivity contribution is 0.0955. The molecule has 0 bridgehead atoms. The van der Waals surface area contributed by atoms with E-state index >= 15 is 0 Å². The number of aryl methyl sites for hydroxylation is 1. The molecule has 0 radical (unpaired) electrons. The van der Waals surface area contributed by atoms with Crippen molar-refractivity contribution in [2.75, 3.05) is 13.1 Å². The predicted octanol–water partition coefficient (Wildman–Crippen LogP) is 4.71. The number of thiophene rings is 1. The van der Waals surface area contributed by atoms with Gasteiger partial charge in [0.2, 0.25) is 0 Å². The van der Waals surface area contributed by atoms with Gasteiger partial charge in [-0.15, -0.1) is 11.3 Å². The van der Waals surface area contributed by atoms with Gasteiger partial charge in [0.15, 0.2) is 0 Å². The van der Waals surface area contributed by atoms with Crippen LogP contribution in [-0.2, 0) is 6.54 Å². The Morgan fingerprint density at radius 1 is 1.22 bits per heavy atom. The van der Waals surface area contributed by atoms with E-state index in [2.05, 4.69) is 21.3 Å². The largest absolute Gasteiger partial charge is 0.347 e. The molecule has 1 unspecified atom stereocenters. The molecule has 1 amide bonds. The smallest absolute Gasteiger partial charge is 0.261 e. The molecule has 1 saturated heterocycles. The first-order chi connectivity index (χ1) is 13.2. The molecule has 1 N–H and O–H groups in total. The van der Waals surface area contributed by atoms with Crippen molar-refractivity contribution in [2.24, 2.45) is 5.92 Å². The fraction of sp³-hybridized carbons (Fsp3) is 0.545. The summed E-state index contributed by atoms with van der Waals surface area (Å²) in [7, 11) is 0. The van der Waals surface area contributed by atoms with Crippen LogP contribution in [-0.4, -0.2) is 28.9 Å². The highest BCUT2D eigenvalue weighted by Crippen LogP contribution is 2.38. The molecule has 3 heterocycles. The van der Waals surface area contributed by atoms with Crippen LogP contribution in [0.4, 0.5) is 0 Å². The number of amides is 1. The summed E-state index contributed by atoms with van der Waals surface area (Å²) in [6.45, 7) is 4.97. The standard InChI is InChI=1S/C22H29N3OS/c1-16-13-18(10-11-23-16)14-24-22(26)21-9-8-20(27-21)19-7-4-12-25(19)15-17-5-2-3-6-17/h8-11,13,17,19H,2-7,12,14-15H2,1H3,(H,24,26). The highest BCUT2D eigenvalue weighted by Gasteiger charge is 2.30. The van der Waals surface area contributed by atoms with Crippen molar-refractivity contribution in [3.8, 4) is 0 Å². The lowest BCUT2D eigenvalue weighted by atomic mass is 10.1. The second kappa shape index (κ2) is 8.53. The predicted molar refractivity (Wildman–Crippen MR) is 110 cm³/mol. The lowest BCUT2D eigenvalue weighted by Crippen LogP contribution is -2.28. The highest BCUT2D eigenvalue weighted by molar-refractivity contribution is 7.14. The summed E-state index contributed by atoms with van der Waals surface area (Å²) >= 11 is 1.67. The number of carbonyl (C=O) groups is 1. The number of hydrogen-bond donors (Lipinski definition) is 1. The third kappa shape index (κ3) is 4.58. The Kier molecular flexibility index (Phi) is 5.89. The topological polar surface area (TPSA) is 45.2 Å². The SMILES string of the molecule is Cc1cc(CNC(=O)c2ccc(C3CCCN3CC3CCCC3)s2)ccn1. The molecular weight excluding hydrogens is 354 g/mol. The normalized spacial score (nSPS) is 21.0. The van der Waals surface area contributed by atoms with Crippen LogP contribution >= 0.6 is 11.3 Å². The third-order valence-corrected chi connectivity index (χ3v) is 7.11. The molecule has 27 heavy (non-hydrogen) atoms. The molecule has 2 aromatic rings. The van der Waals surface area contributed by atoms with Crippen LogP contribution in [0.15, 0.2) is 30.5 Å². The average molecular weight is 384 g/mol. The Morgan fingerprint density at radius 2 is 2.07 bits per heavy atom. The van der Waals surface area contributed by atoms with Crippen LogP contribution in [0.2, 0.25) is 0 Å². The van der Waals surface area contributed by atoms with Gasteiger partial charge in [0.1, 0.15) is 0 Å². The summed E-state index contributed by atoms with van der Waals surface area (Å²) in [4.78, 5) is 21.6. The second-order valence-electron chi connectivity index (χ2n) is 7.99. The van der Waals surface area contributed by atoms with Crippen LogP contribution in [0.5, 0.6) is 0 Å². The first kappa shape index (κ1) is 18.6. The quantitative estimate of drug-likeness (QED) is 0.786. The average Bonchev–Trinajstić information content (AvgIpc) is 3.41. The molecule has 1 aliphatic carbocycles. The maximum atomic E-state index is 12.6. The molecular formula is C22H29N3OS. The van der Waals surface area contributed by atoms with E-state index in [0.717, 1.165) is 22.1 Å². The minimum Gasteiger partial charge on any atom is -0.347 e. The highest BCUT2D eigenvalue weighted by atomic mass is 32.1. The minimum absolute atomic E-state index is 0.0288. The summed E-state index contributed by atoms with van der Waals surface area (Å²) < 4.78 is 0. The Morgan fingerprint density at radius 3 is 2.89 bits per heavy atom. The van der Waals surface area contributed by atoms with Crippen molar-refractivity contribution in [1.82, 2.24) is 15.2 Å². The van der Waals surface area contributed by atoms with Gasteiger partial charge in [0, 0.05) is 35.9 Å². The lowest BCUT2D eigenvalue weighted by Gasteiger charge is -2.26. The Labute approximate surface area is 166 Å². The van der Waals surface area contributed by atoms with Crippen LogP contribution < -0.4 is 5.32 Å². The van der Waals surface area contributed by atoms with Crippen molar-refractivity contribution in [2.45, 2.75) is 58.0 Å². The van der Waals surface area contributed by atoms with E-state index in [0.29, 0.717) is 12.6 Å². The van der Waals surface area contributed by atoms with E-state index in [-0.39, 0.29) is 5.91 Å². The maximum absolute atomic E-state index is 12.6. The van der Waals surface area contributed by atoms with E-state index in [9.17, 15) is 4.79 Å². The molecule has 0 aromatic carbocycles. The van der Waals surface area contributed by atoms with E-state index in [1.165, 1.54) is 56.5 Å². The molecule has 1 aliphatic heterocycles. The molecule has 1 saturated carbocycles. The molecule has 0 spiro atoms. The van der Waals surface area contributed by atoms with Gasteiger partial charge in [0.25, 0.3) is 5.91 Å². The van der Waals surface area contributed by atoms with Gasteiger partial charge in [-0.05, 0) is 74.9 Å². The Balaban J connectivity index is 1.36. The number of pyridine rings is 1. The molecule has 1 atom stereocenters. The number of likely N-dealkylation sites (tertiary alicyclic amines) is 1. The summed E-state index contributed by atoms with van der Waals surface area (Å²) in [5.74, 6) is 0.915. The van der Waals surface area contributed by atoms with Gasteiger partial charge in [-0.1, -0.05) is 12.8 Å². The third-order valence-electron chi connectivity index (χ3n) is 5.92. The van der Waals surface area contributed by atoms with E-state index in [1.807, 2.05) is 25.1 Å². The molecule has 5 heteroatoms. The van der Waals surface area contributed by atoms with Gasteiger partial charge in [0.05, 0.1) is 4.88 Å². The zero-order chi connectivity index (χ0) is 18.6. The molecule has 4 nitrogen and oxygen atoms in total. The summed E-state index contributed by atoms with van der Waals surface area (Å²) in [5.41, 5.74) is 2.06. The van der Waals surface area contributed by atoms with Crippen LogP contribution in [0.25, 0.3) is 0 Å². The fourth-order valence-electron chi connectivity index (χ4n) is 4.53.